The predicted octanol–water partition coefficient (Wildman–Crippen LogP) is 2.74. The van der Waals surface area contributed by atoms with Crippen molar-refractivity contribution in [2.24, 2.45) is 0 Å². The van der Waals surface area contributed by atoms with Gasteiger partial charge in [-0.05, 0) is 51.2 Å². The van der Waals surface area contributed by atoms with Crippen molar-refractivity contribution in [3.05, 3.63) is 29.8 Å². The van der Waals surface area contributed by atoms with Crippen LogP contribution in [0, 0.1) is 11.3 Å². The largest absolute Gasteiger partial charge is 0.460 e. The molecule has 16 heteroatoms. The number of nitriles is 1. The molecule has 0 fully saturated rings. The van der Waals surface area contributed by atoms with Gasteiger partial charge >= 0.3 is 5.97 Å². The molecule has 0 aromatic heterocycles. The number of carbonyl (C=O) groups is 1. The first kappa shape index (κ1) is 46.5. The van der Waals surface area contributed by atoms with Gasteiger partial charge in [0.05, 0.1) is 150 Å². The van der Waals surface area contributed by atoms with Crippen LogP contribution in [0.3, 0.4) is 0 Å². The summed E-state index contributed by atoms with van der Waals surface area (Å²) < 4.78 is 59.9. The molecule has 2 N–H and O–H groups in total. The van der Waals surface area contributed by atoms with E-state index in [2.05, 4.69) is 16.7 Å². The molecule has 0 aliphatic heterocycles. The van der Waals surface area contributed by atoms with Crippen molar-refractivity contribution in [1.82, 2.24) is 5.32 Å². The number of nitrogens with zero attached hydrogens (tertiary/aromatic N) is 1. The van der Waals surface area contributed by atoms with Gasteiger partial charge in [0.2, 0.25) is 0 Å². The monoisotopic (exact) mass is 745 g/mol. The smallest absolute Gasteiger partial charge is 0.308 e. The molecule has 0 bridgehead atoms. The third-order valence-electron chi connectivity index (χ3n) is 6.00. The van der Waals surface area contributed by atoms with E-state index in [1.165, 1.54) is 0 Å². The van der Waals surface area contributed by atoms with Gasteiger partial charge in [-0.25, -0.2) is 0 Å². The Hall–Kier alpha value is -2.53. The average molecular weight is 746 g/mol. The normalized spacial score (nSPS) is 11.3. The van der Waals surface area contributed by atoms with Crippen molar-refractivity contribution in [2.45, 2.75) is 32.8 Å². The number of anilines is 1. The van der Waals surface area contributed by atoms with Gasteiger partial charge in [0, 0.05) is 12.2 Å². The first-order valence-electron chi connectivity index (χ1n) is 17.3. The summed E-state index contributed by atoms with van der Waals surface area (Å²) in [4.78, 5) is 11.6. The Kier molecular flexibility index (Phi) is 30.4. The van der Waals surface area contributed by atoms with Crippen LogP contribution in [0.5, 0.6) is 0 Å². The van der Waals surface area contributed by atoms with Crippen LogP contribution in [0.2, 0.25) is 0 Å². The van der Waals surface area contributed by atoms with Gasteiger partial charge < -0.3 is 62.7 Å². The number of esters is 1. The first-order chi connectivity index (χ1) is 24.8. The lowest BCUT2D eigenvalue weighted by Crippen LogP contribution is -2.31. The minimum atomic E-state index is -0.478. The highest BCUT2D eigenvalue weighted by Crippen LogP contribution is 2.09. The molecule has 0 aliphatic rings. The topological polar surface area (TPSA) is 166 Å². The molecule has 0 saturated heterocycles. The van der Waals surface area contributed by atoms with Crippen LogP contribution in [-0.4, -0.2) is 155 Å². The van der Waals surface area contributed by atoms with Crippen molar-refractivity contribution >= 4 is 29.0 Å². The van der Waals surface area contributed by atoms with E-state index in [0.29, 0.717) is 149 Å². The Labute approximate surface area is 308 Å². The SMILES string of the molecule is CC(C)(C)OC(=O)CCOCCOCCOCCOCCOCCOCCOCCOCCOCCOCCNC(=S)Nc1cccc(C#N)c1. The van der Waals surface area contributed by atoms with Gasteiger partial charge in [-0.2, -0.15) is 5.26 Å². The van der Waals surface area contributed by atoms with Gasteiger partial charge in [0.15, 0.2) is 5.11 Å². The van der Waals surface area contributed by atoms with Crippen LogP contribution in [-0.2, 0) is 56.9 Å². The van der Waals surface area contributed by atoms with Crippen molar-refractivity contribution in [3.63, 3.8) is 0 Å². The zero-order valence-corrected chi connectivity index (χ0v) is 31.4. The molecule has 15 nitrogen and oxygen atoms in total. The number of thiocarbonyl (C=S) groups is 1. The van der Waals surface area contributed by atoms with E-state index in [-0.39, 0.29) is 12.4 Å². The van der Waals surface area contributed by atoms with Crippen molar-refractivity contribution in [2.75, 3.05) is 144 Å². The second kappa shape index (κ2) is 33.3. The summed E-state index contributed by atoms with van der Waals surface area (Å²) in [5, 5.41) is 15.5. The van der Waals surface area contributed by atoms with Gasteiger partial charge in [-0.15, -0.1) is 0 Å². The highest BCUT2D eigenvalue weighted by Gasteiger charge is 2.15. The van der Waals surface area contributed by atoms with E-state index in [1.54, 1.807) is 18.2 Å². The van der Waals surface area contributed by atoms with Crippen LogP contribution < -0.4 is 10.6 Å². The molecule has 0 radical (unpaired) electrons. The average Bonchev–Trinajstić information content (AvgIpc) is 3.09. The third kappa shape index (κ3) is 33.1. The molecular formula is C35H59N3O12S. The highest BCUT2D eigenvalue weighted by molar-refractivity contribution is 7.80. The fraction of sp³-hybridized carbons (Fsp3) is 0.743. The maximum absolute atomic E-state index is 11.6. The fourth-order valence-corrected chi connectivity index (χ4v) is 3.93. The molecule has 292 valence electrons. The highest BCUT2D eigenvalue weighted by atomic mass is 32.1. The number of hydrogen-bond acceptors (Lipinski definition) is 14. The quantitative estimate of drug-likeness (QED) is 0.0600. The number of hydrogen-bond donors (Lipinski definition) is 2. The van der Waals surface area contributed by atoms with E-state index in [1.807, 2.05) is 26.8 Å². The Morgan fingerprint density at radius 2 is 1.00 bits per heavy atom. The molecule has 0 unspecified atom stereocenters. The molecule has 0 heterocycles. The van der Waals surface area contributed by atoms with E-state index in [9.17, 15) is 4.79 Å². The summed E-state index contributed by atoms with van der Waals surface area (Å²) in [6.45, 7) is 15.4. The minimum Gasteiger partial charge on any atom is -0.460 e. The zero-order valence-electron chi connectivity index (χ0n) is 30.6. The second-order valence-corrected chi connectivity index (χ2v) is 11.9. The molecular weight excluding hydrogens is 686 g/mol. The number of rotatable bonds is 34. The lowest BCUT2D eigenvalue weighted by atomic mass is 10.2. The summed E-state index contributed by atoms with van der Waals surface area (Å²) in [7, 11) is 0. The van der Waals surface area contributed by atoms with E-state index < -0.39 is 5.60 Å². The lowest BCUT2D eigenvalue weighted by Gasteiger charge is -2.19. The van der Waals surface area contributed by atoms with Crippen molar-refractivity contribution in [1.29, 1.82) is 5.26 Å². The van der Waals surface area contributed by atoms with Crippen LogP contribution >= 0.6 is 12.2 Å². The molecule has 51 heavy (non-hydrogen) atoms. The Bertz CT molecular complexity index is 1040. The molecule has 1 aromatic rings. The van der Waals surface area contributed by atoms with Crippen molar-refractivity contribution in [3.8, 4) is 6.07 Å². The van der Waals surface area contributed by atoms with E-state index in [4.69, 9.17) is 69.6 Å². The summed E-state index contributed by atoms with van der Waals surface area (Å²) in [6.07, 6.45) is 0.227. The van der Waals surface area contributed by atoms with Gasteiger partial charge in [0.1, 0.15) is 5.60 Å². The summed E-state index contributed by atoms with van der Waals surface area (Å²) in [5.41, 5.74) is 0.849. The first-order valence-corrected chi connectivity index (χ1v) is 17.8. The number of benzene rings is 1. The molecule has 0 saturated carbocycles. The van der Waals surface area contributed by atoms with Gasteiger partial charge in [-0.3, -0.25) is 4.79 Å². The Balaban J connectivity index is 1.68. The third-order valence-corrected chi connectivity index (χ3v) is 6.25. The molecule has 0 spiro atoms. The minimum absolute atomic E-state index is 0.227. The lowest BCUT2D eigenvalue weighted by molar-refractivity contribution is -0.156. The summed E-state index contributed by atoms with van der Waals surface area (Å²) in [5.74, 6) is -0.269. The van der Waals surface area contributed by atoms with Crippen LogP contribution in [0.1, 0.15) is 32.8 Å². The molecule has 0 aliphatic carbocycles. The maximum atomic E-state index is 11.6. The molecule has 1 aromatic carbocycles. The fourth-order valence-electron chi connectivity index (χ4n) is 3.71. The van der Waals surface area contributed by atoms with E-state index in [0.717, 1.165) is 5.69 Å². The molecule has 0 amide bonds. The standard InChI is InChI=1S/C35H59N3O12S/c1-35(2,3)50-33(39)7-9-40-11-13-42-15-17-44-19-21-46-23-25-48-27-28-49-26-24-47-22-20-45-18-16-43-14-12-41-10-8-37-34(51)38-32-6-4-5-31(29-32)30-36/h4-6,29H,7-28H2,1-3H3,(H2,37,38,51). The van der Waals surface area contributed by atoms with Gasteiger partial charge in [-0.1, -0.05) is 6.07 Å². The molecule has 1 rings (SSSR count). The van der Waals surface area contributed by atoms with Crippen molar-refractivity contribution < 1.29 is 56.9 Å². The van der Waals surface area contributed by atoms with Crippen LogP contribution in [0.4, 0.5) is 5.69 Å². The maximum Gasteiger partial charge on any atom is 0.308 e. The number of carbonyl (C=O) groups excluding carboxylic acids is 1. The molecule has 0 atom stereocenters. The number of nitrogens with one attached hydrogen (secondary N) is 2. The Morgan fingerprint density at radius 1 is 0.627 bits per heavy atom. The predicted molar refractivity (Wildman–Crippen MR) is 194 cm³/mol. The van der Waals surface area contributed by atoms with Crippen LogP contribution in [0.25, 0.3) is 0 Å². The summed E-state index contributed by atoms with van der Waals surface area (Å²) >= 11 is 5.24. The summed E-state index contributed by atoms with van der Waals surface area (Å²) in [6, 6.07) is 9.20. The second-order valence-electron chi connectivity index (χ2n) is 11.5. The zero-order chi connectivity index (χ0) is 37.1. The van der Waals surface area contributed by atoms with E-state index >= 15 is 0 Å². The van der Waals surface area contributed by atoms with Gasteiger partial charge in [0.25, 0.3) is 0 Å². The number of ether oxygens (including phenoxy) is 11. The van der Waals surface area contributed by atoms with Crippen LogP contribution in [0.15, 0.2) is 24.3 Å². The Morgan fingerprint density at radius 3 is 1.37 bits per heavy atom.